The van der Waals surface area contributed by atoms with Gasteiger partial charge in [-0.25, -0.2) is 4.79 Å². The highest BCUT2D eigenvalue weighted by atomic mass is 28.1. The zero-order valence-electron chi connectivity index (χ0n) is 9.79. The summed E-state index contributed by atoms with van der Waals surface area (Å²) >= 11 is 0. The molecule has 0 spiro atoms. The van der Waals surface area contributed by atoms with E-state index in [0.717, 1.165) is 23.1 Å². The molecule has 0 aromatic heterocycles. The van der Waals surface area contributed by atoms with Gasteiger partial charge in [-0.15, -0.1) is 0 Å². The summed E-state index contributed by atoms with van der Waals surface area (Å²) in [5, 5.41) is 2.67. The minimum absolute atomic E-state index is 0.161. The average molecular weight is 234 g/mol. The lowest BCUT2D eigenvalue weighted by Gasteiger charge is -2.19. The minimum Gasteiger partial charge on any atom is -0.353 e. The molecular formula is C9H22N2O3Si. The van der Waals surface area contributed by atoms with E-state index in [2.05, 4.69) is 5.32 Å². The van der Waals surface area contributed by atoms with Crippen molar-refractivity contribution in [3.63, 3.8) is 0 Å². The first-order valence-corrected chi connectivity index (χ1v) is 6.54. The Morgan fingerprint density at radius 1 is 1.33 bits per heavy atom. The van der Waals surface area contributed by atoms with Crippen molar-refractivity contribution >= 4 is 16.3 Å². The van der Waals surface area contributed by atoms with E-state index in [1.54, 1.807) is 0 Å². The highest BCUT2D eigenvalue weighted by Crippen LogP contribution is 2.05. The Labute approximate surface area is 94.1 Å². The van der Waals surface area contributed by atoms with Crippen molar-refractivity contribution in [2.24, 2.45) is 5.73 Å². The van der Waals surface area contributed by atoms with Crippen molar-refractivity contribution in [2.75, 3.05) is 13.2 Å². The van der Waals surface area contributed by atoms with Crippen LogP contribution in [-0.4, -0.2) is 41.4 Å². The zero-order valence-corrected chi connectivity index (χ0v) is 11.8. The molecule has 0 bridgehead atoms. The maximum Gasteiger partial charge on any atom is 0.312 e. The van der Waals surface area contributed by atoms with Gasteiger partial charge in [0.05, 0.1) is 0 Å². The number of hydrogen-bond donors (Lipinski definition) is 2. The summed E-state index contributed by atoms with van der Waals surface area (Å²) in [6.07, 6.45) is 1.47. The van der Waals surface area contributed by atoms with Crippen molar-refractivity contribution in [1.82, 2.24) is 5.32 Å². The Hall–Kier alpha value is -0.593. The predicted molar refractivity (Wildman–Crippen MR) is 62.7 cm³/mol. The molecule has 15 heavy (non-hydrogen) atoms. The molecule has 0 radical (unpaired) electrons. The fraction of sp³-hybridized carbons (Fsp3) is 0.889. The summed E-state index contributed by atoms with van der Waals surface area (Å²) in [6.45, 7) is 5.15. The Morgan fingerprint density at radius 3 is 2.27 bits per heavy atom. The zero-order chi connectivity index (χ0) is 11.7. The van der Waals surface area contributed by atoms with E-state index in [0.29, 0.717) is 13.2 Å². The van der Waals surface area contributed by atoms with Crippen LogP contribution in [0, 0.1) is 0 Å². The van der Waals surface area contributed by atoms with Crippen LogP contribution in [0.4, 0.5) is 4.79 Å². The molecule has 0 aliphatic rings. The van der Waals surface area contributed by atoms with Crippen molar-refractivity contribution in [2.45, 2.75) is 38.6 Å². The normalized spacial score (nSPS) is 13.0. The number of carbonyl (C=O) groups excluding carboxylic acids is 1. The number of hydrogen-bond acceptors (Lipinski definition) is 3. The van der Waals surface area contributed by atoms with Gasteiger partial charge in [-0.1, -0.05) is 0 Å². The summed E-state index contributed by atoms with van der Waals surface area (Å²) in [6, 6.07) is -0.459. The molecular weight excluding hydrogens is 212 g/mol. The fourth-order valence-corrected chi connectivity index (χ4v) is 1.91. The van der Waals surface area contributed by atoms with Gasteiger partial charge in [-0.3, -0.25) is 0 Å². The third kappa shape index (κ3) is 8.40. The number of rotatable bonds is 8. The first-order valence-electron chi connectivity index (χ1n) is 5.39. The van der Waals surface area contributed by atoms with Crippen LogP contribution in [0.15, 0.2) is 0 Å². The predicted octanol–water partition coefficient (Wildman–Crippen LogP) is -0.475. The first-order chi connectivity index (χ1) is 7.10. The van der Waals surface area contributed by atoms with Gasteiger partial charge in [0.1, 0.15) is 0 Å². The maximum atomic E-state index is 10.6. The lowest BCUT2D eigenvalue weighted by atomic mass is 10.3. The second kappa shape index (κ2) is 8.69. The summed E-state index contributed by atoms with van der Waals surface area (Å²) in [5.41, 5.74) is 5.21. The molecule has 1 unspecified atom stereocenters. The number of urea groups is 1. The molecule has 0 rings (SSSR count). The lowest BCUT2D eigenvalue weighted by Crippen LogP contribution is -2.39. The van der Waals surface area contributed by atoms with Gasteiger partial charge in [0.25, 0.3) is 0 Å². The van der Waals surface area contributed by atoms with Crippen LogP contribution >= 0.6 is 0 Å². The number of carbonyl (C=O) groups is 1. The molecule has 0 aromatic carbocycles. The molecule has 0 heterocycles. The molecule has 6 heteroatoms. The number of nitrogens with two attached hydrogens (primary N) is 1. The van der Waals surface area contributed by atoms with Crippen LogP contribution in [0.25, 0.3) is 0 Å². The molecule has 0 aliphatic carbocycles. The number of nitrogens with one attached hydrogen (secondary N) is 1. The molecule has 5 nitrogen and oxygen atoms in total. The van der Waals surface area contributed by atoms with E-state index in [4.69, 9.17) is 15.2 Å². The molecule has 0 aliphatic heterocycles. The van der Waals surface area contributed by atoms with Crippen LogP contribution in [-0.2, 0) is 9.47 Å². The van der Waals surface area contributed by atoms with Gasteiger partial charge in [0.2, 0.25) is 0 Å². The molecule has 0 saturated heterocycles. The third-order valence-electron chi connectivity index (χ3n) is 1.93. The Balaban J connectivity index is 3.71. The number of primary amides is 1. The summed E-state index contributed by atoms with van der Waals surface area (Å²) in [7, 11) is 0.878. The monoisotopic (exact) mass is 234 g/mol. The third-order valence-corrected chi connectivity index (χ3v) is 2.80. The van der Waals surface area contributed by atoms with E-state index in [1.807, 2.05) is 13.8 Å². The van der Waals surface area contributed by atoms with Crippen LogP contribution in [0.1, 0.15) is 26.7 Å². The van der Waals surface area contributed by atoms with E-state index in [-0.39, 0.29) is 12.0 Å². The van der Waals surface area contributed by atoms with Gasteiger partial charge in [-0.05, 0) is 26.7 Å². The lowest BCUT2D eigenvalue weighted by molar-refractivity contribution is -0.140. The van der Waals surface area contributed by atoms with Gasteiger partial charge >= 0.3 is 6.03 Å². The standard InChI is InChI=1S/C9H22N2O3Si/c1-3-13-8(14-4-2)6-5-7(15)11-9(10)12/h7-8H,3-6H2,1-2,15H3,(H3,10,11,12). The van der Waals surface area contributed by atoms with Crippen molar-refractivity contribution in [1.29, 1.82) is 0 Å². The van der Waals surface area contributed by atoms with Crippen LogP contribution in [0.5, 0.6) is 0 Å². The number of amides is 2. The quantitative estimate of drug-likeness (QED) is 0.440. The van der Waals surface area contributed by atoms with E-state index >= 15 is 0 Å². The number of ether oxygens (including phenoxy) is 2. The molecule has 2 amide bonds. The molecule has 90 valence electrons. The van der Waals surface area contributed by atoms with Crippen LogP contribution in [0.2, 0.25) is 0 Å². The summed E-state index contributed by atoms with van der Waals surface area (Å²) < 4.78 is 10.8. The van der Waals surface area contributed by atoms with E-state index in [9.17, 15) is 4.79 Å². The van der Waals surface area contributed by atoms with E-state index < -0.39 is 6.03 Å². The highest BCUT2D eigenvalue weighted by molar-refractivity contribution is 6.12. The average Bonchev–Trinajstić information content (AvgIpc) is 2.14. The first kappa shape index (κ1) is 14.4. The minimum atomic E-state index is -0.459. The van der Waals surface area contributed by atoms with Crippen molar-refractivity contribution < 1.29 is 14.3 Å². The smallest absolute Gasteiger partial charge is 0.312 e. The SMILES string of the molecule is CCOC(CCC([SiH3])NC(N)=O)OCC. The van der Waals surface area contributed by atoms with Gasteiger partial charge in [0.15, 0.2) is 6.29 Å². The summed E-state index contributed by atoms with van der Waals surface area (Å²) in [5.74, 6) is 0. The Bertz CT molecular complexity index is 175. The summed E-state index contributed by atoms with van der Waals surface area (Å²) in [4.78, 5) is 10.6. The molecule has 0 aromatic rings. The topological polar surface area (TPSA) is 73.6 Å². The van der Waals surface area contributed by atoms with Crippen molar-refractivity contribution in [3.8, 4) is 0 Å². The van der Waals surface area contributed by atoms with Crippen LogP contribution < -0.4 is 11.1 Å². The van der Waals surface area contributed by atoms with Gasteiger partial charge < -0.3 is 20.5 Å². The Kier molecular flexibility index (Phi) is 8.35. The second-order valence-electron chi connectivity index (χ2n) is 3.33. The van der Waals surface area contributed by atoms with Crippen molar-refractivity contribution in [3.05, 3.63) is 0 Å². The molecule has 1 atom stereocenters. The maximum absolute atomic E-state index is 10.6. The van der Waals surface area contributed by atoms with Gasteiger partial charge in [0, 0.05) is 29.1 Å². The highest BCUT2D eigenvalue weighted by Gasteiger charge is 2.11. The van der Waals surface area contributed by atoms with Crippen LogP contribution in [0.3, 0.4) is 0 Å². The molecule has 0 saturated carbocycles. The largest absolute Gasteiger partial charge is 0.353 e. The molecule has 3 N–H and O–H groups in total. The van der Waals surface area contributed by atoms with Gasteiger partial charge in [-0.2, -0.15) is 0 Å². The Morgan fingerprint density at radius 2 is 1.87 bits per heavy atom. The second-order valence-corrected chi connectivity index (χ2v) is 4.72. The molecule has 0 fully saturated rings. The van der Waals surface area contributed by atoms with E-state index in [1.165, 1.54) is 0 Å². The fourth-order valence-electron chi connectivity index (χ4n) is 1.29.